The summed E-state index contributed by atoms with van der Waals surface area (Å²) >= 11 is 1.29. The van der Waals surface area contributed by atoms with Crippen LogP contribution < -0.4 is 5.32 Å². The summed E-state index contributed by atoms with van der Waals surface area (Å²) in [6.45, 7) is 0.423. The number of phenolic OH excluding ortho intramolecular Hbond substituents is 1. The first kappa shape index (κ1) is 22.2. The summed E-state index contributed by atoms with van der Waals surface area (Å²) in [6.07, 6.45) is 3.97. The Hall–Kier alpha value is -3.56. The fraction of sp³-hybridized carbons (Fsp3) is 0.280. The number of likely N-dealkylation sites (tertiary alicyclic amines) is 1. The van der Waals surface area contributed by atoms with Gasteiger partial charge in [-0.2, -0.15) is 0 Å². The summed E-state index contributed by atoms with van der Waals surface area (Å²) in [6, 6.07) is 10.6. The normalized spacial score (nSPS) is 20.2. The SMILES string of the molecule is O=C(NC(Cc1ccc(O)cc1)C(=O)N1CCC2OCC(=O)C21)c1cc(-c2cccnc2)cs1. The van der Waals surface area contributed by atoms with Gasteiger partial charge in [0.05, 0.1) is 11.0 Å². The van der Waals surface area contributed by atoms with E-state index >= 15 is 0 Å². The minimum Gasteiger partial charge on any atom is -0.508 e. The lowest BCUT2D eigenvalue weighted by Crippen LogP contribution is -2.53. The molecule has 3 aromatic rings. The molecule has 2 amide bonds. The number of Topliss-reactive ketones (excluding diaryl/α,β-unsaturated/α-hetero) is 1. The quantitative estimate of drug-likeness (QED) is 0.565. The molecule has 1 aromatic carbocycles. The Morgan fingerprint density at radius 2 is 2.06 bits per heavy atom. The van der Waals surface area contributed by atoms with Crippen LogP contribution >= 0.6 is 11.3 Å². The van der Waals surface area contributed by atoms with Crippen LogP contribution in [0.15, 0.2) is 60.2 Å². The molecule has 0 aliphatic carbocycles. The monoisotopic (exact) mass is 477 g/mol. The molecule has 2 N–H and O–H groups in total. The van der Waals surface area contributed by atoms with Gasteiger partial charge in [0.15, 0.2) is 5.78 Å². The summed E-state index contributed by atoms with van der Waals surface area (Å²) in [4.78, 5) is 45.1. The maximum absolute atomic E-state index is 13.5. The van der Waals surface area contributed by atoms with E-state index in [-0.39, 0.29) is 42.5 Å². The van der Waals surface area contributed by atoms with Gasteiger partial charge in [-0.25, -0.2) is 0 Å². The largest absolute Gasteiger partial charge is 0.508 e. The minimum absolute atomic E-state index is 0.0143. The maximum atomic E-state index is 13.5. The van der Waals surface area contributed by atoms with E-state index in [0.717, 1.165) is 16.7 Å². The molecule has 2 aliphatic heterocycles. The Balaban J connectivity index is 1.37. The average molecular weight is 478 g/mol. The molecule has 34 heavy (non-hydrogen) atoms. The highest BCUT2D eigenvalue weighted by Crippen LogP contribution is 2.29. The predicted molar refractivity (Wildman–Crippen MR) is 125 cm³/mol. The highest BCUT2D eigenvalue weighted by atomic mass is 32.1. The smallest absolute Gasteiger partial charge is 0.262 e. The molecule has 2 aliphatic rings. The van der Waals surface area contributed by atoms with Crippen molar-refractivity contribution in [2.45, 2.75) is 31.0 Å². The van der Waals surface area contributed by atoms with E-state index in [1.165, 1.54) is 11.3 Å². The Labute approximate surface area is 200 Å². The van der Waals surface area contributed by atoms with Gasteiger partial charge >= 0.3 is 0 Å². The highest BCUT2D eigenvalue weighted by molar-refractivity contribution is 7.12. The van der Waals surface area contributed by atoms with E-state index in [4.69, 9.17) is 4.74 Å². The van der Waals surface area contributed by atoms with Crippen LogP contribution in [0.4, 0.5) is 0 Å². The lowest BCUT2D eigenvalue weighted by Gasteiger charge is -2.27. The number of fused-ring (bicyclic) bond motifs is 1. The van der Waals surface area contributed by atoms with Crippen LogP contribution in [0.3, 0.4) is 0 Å². The zero-order chi connectivity index (χ0) is 23.7. The first-order chi connectivity index (χ1) is 16.5. The number of nitrogens with one attached hydrogen (secondary N) is 1. The Kier molecular flexibility index (Phi) is 6.12. The molecule has 8 nitrogen and oxygen atoms in total. The summed E-state index contributed by atoms with van der Waals surface area (Å²) in [5, 5.41) is 14.4. The van der Waals surface area contributed by atoms with Gasteiger partial charge in [-0.3, -0.25) is 19.4 Å². The number of nitrogens with zero attached hydrogens (tertiary/aromatic N) is 2. The van der Waals surface area contributed by atoms with Crippen LogP contribution in [0.2, 0.25) is 0 Å². The molecular weight excluding hydrogens is 454 g/mol. The van der Waals surface area contributed by atoms with Crippen molar-refractivity contribution in [1.29, 1.82) is 0 Å². The molecule has 2 fully saturated rings. The van der Waals surface area contributed by atoms with Crippen molar-refractivity contribution in [3.63, 3.8) is 0 Å². The standard InChI is InChI=1S/C25H23N3O5S/c29-18-5-3-15(4-6-18)10-19(25(32)28-9-7-21-23(28)20(30)13-33-21)27-24(31)22-11-17(14-34-22)16-2-1-8-26-12-16/h1-6,8,11-12,14,19,21,23,29H,7,9-10,13H2,(H,27,31). The number of aromatic hydroxyl groups is 1. The van der Waals surface area contributed by atoms with Crippen molar-refractivity contribution in [2.24, 2.45) is 0 Å². The third-order valence-corrected chi connectivity index (χ3v) is 7.12. The van der Waals surface area contributed by atoms with Gasteiger partial charge in [-0.15, -0.1) is 11.3 Å². The van der Waals surface area contributed by atoms with Gasteiger partial charge in [0.25, 0.3) is 5.91 Å². The molecule has 0 radical (unpaired) electrons. The second kappa shape index (κ2) is 9.36. The molecule has 5 rings (SSSR count). The van der Waals surface area contributed by atoms with E-state index in [2.05, 4.69) is 10.3 Å². The first-order valence-electron chi connectivity index (χ1n) is 11.0. The summed E-state index contributed by atoms with van der Waals surface area (Å²) < 4.78 is 5.51. The van der Waals surface area contributed by atoms with Crippen LogP contribution in [-0.2, 0) is 20.7 Å². The number of ketones is 1. The number of phenols is 1. The van der Waals surface area contributed by atoms with Crippen molar-refractivity contribution >= 4 is 28.9 Å². The van der Waals surface area contributed by atoms with E-state index in [1.807, 2.05) is 17.5 Å². The zero-order valence-corrected chi connectivity index (χ0v) is 19.0. The predicted octanol–water partition coefficient (Wildman–Crippen LogP) is 2.43. The fourth-order valence-corrected chi connectivity index (χ4v) is 5.30. The number of rotatable bonds is 6. The molecule has 9 heteroatoms. The number of carbonyl (C=O) groups excluding carboxylic acids is 3. The number of carbonyl (C=O) groups is 3. The molecule has 0 bridgehead atoms. The van der Waals surface area contributed by atoms with Gasteiger partial charge in [0, 0.05) is 30.9 Å². The molecule has 2 aromatic heterocycles. The van der Waals surface area contributed by atoms with Gasteiger partial charge in [0.2, 0.25) is 5.91 Å². The Morgan fingerprint density at radius 3 is 2.82 bits per heavy atom. The number of pyridine rings is 1. The molecular formula is C25H23N3O5S. The Bertz CT molecular complexity index is 1210. The zero-order valence-electron chi connectivity index (χ0n) is 18.2. The van der Waals surface area contributed by atoms with Crippen LogP contribution in [0, 0.1) is 0 Å². The van der Waals surface area contributed by atoms with E-state index in [9.17, 15) is 19.5 Å². The molecule has 174 valence electrons. The number of amides is 2. The third-order valence-electron chi connectivity index (χ3n) is 6.19. The number of benzene rings is 1. The first-order valence-corrected chi connectivity index (χ1v) is 11.9. The topological polar surface area (TPSA) is 109 Å². The van der Waals surface area contributed by atoms with Crippen molar-refractivity contribution in [3.05, 3.63) is 70.7 Å². The van der Waals surface area contributed by atoms with E-state index < -0.39 is 12.1 Å². The minimum atomic E-state index is -0.867. The van der Waals surface area contributed by atoms with Crippen LogP contribution in [-0.4, -0.2) is 63.9 Å². The lowest BCUT2D eigenvalue weighted by atomic mass is 10.0. The van der Waals surface area contributed by atoms with E-state index in [0.29, 0.717) is 17.8 Å². The van der Waals surface area contributed by atoms with Crippen molar-refractivity contribution < 1.29 is 24.2 Å². The molecule has 0 spiro atoms. The number of hydrogen-bond acceptors (Lipinski definition) is 7. The second-order valence-electron chi connectivity index (χ2n) is 8.42. The molecule has 3 atom stereocenters. The van der Waals surface area contributed by atoms with Crippen LogP contribution in [0.25, 0.3) is 11.1 Å². The second-order valence-corrected chi connectivity index (χ2v) is 9.33. The number of aromatic nitrogens is 1. The van der Waals surface area contributed by atoms with Crippen LogP contribution in [0.5, 0.6) is 5.75 Å². The molecule has 0 saturated carbocycles. The van der Waals surface area contributed by atoms with E-state index in [1.54, 1.807) is 47.6 Å². The molecule has 4 heterocycles. The number of thiophene rings is 1. The number of ether oxygens (including phenoxy) is 1. The molecule has 3 unspecified atom stereocenters. The number of hydrogen-bond donors (Lipinski definition) is 2. The summed E-state index contributed by atoms with van der Waals surface area (Å²) in [5.41, 5.74) is 2.56. The summed E-state index contributed by atoms with van der Waals surface area (Å²) in [7, 11) is 0. The van der Waals surface area contributed by atoms with Crippen molar-refractivity contribution in [2.75, 3.05) is 13.2 Å². The van der Waals surface area contributed by atoms with Gasteiger partial charge in [0.1, 0.15) is 24.4 Å². The van der Waals surface area contributed by atoms with Crippen LogP contribution in [0.1, 0.15) is 21.7 Å². The lowest BCUT2D eigenvalue weighted by molar-refractivity contribution is -0.138. The highest BCUT2D eigenvalue weighted by Gasteiger charge is 2.48. The fourth-order valence-electron chi connectivity index (χ4n) is 4.48. The third kappa shape index (κ3) is 4.44. The van der Waals surface area contributed by atoms with Gasteiger partial charge < -0.3 is 20.1 Å². The van der Waals surface area contributed by atoms with Gasteiger partial charge in [-0.05, 0) is 47.2 Å². The van der Waals surface area contributed by atoms with Crippen molar-refractivity contribution in [1.82, 2.24) is 15.2 Å². The Morgan fingerprint density at radius 1 is 1.24 bits per heavy atom. The van der Waals surface area contributed by atoms with Crippen molar-refractivity contribution in [3.8, 4) is 16.9 Å². The molecule has 2 saturated heterocycles. The maximum Gasteiger partial charge on any atom is 0.262 e. The average Bonchev–Trinajstić information content (AvgIpc) is 3.58. The van der Waals surface area contributed by atoms with Gasteiger partial charge in [-0.1, -0.05) is 18.2 Å². The summed E-state index contributed by atoms with van der Waals surface area (Å²) in [5.74, 6) is -0.656.